The third kappa shape index (κ3) is 5.42. The molecular weight excluding hydrogens is 276 g/mol. The molecule has 0 saturated heterocycles. The van der Waals surface area contributed by atoms with Gasteiger partial charge in [0, 0.05) is 12.0 Å². The molecule has 2 fully saturated rings. The quantitative estimate of drug-likeness (QED) is 0.355. The van der Waals surface area contributed by atoms with E-state index in [2.05, 4.69) is 6.58 Å². The van der Waals surface area contributed by atoms with Crippen molar-refractivity contribution in [1.82, 2.24) is 0 Å². The van der Waals surface area contributed by atoms with Crippen LogP contribution in [-0.2, 0) is 14.3 Å². The Hall–Kier alpha value is -0.830. The van der Waals surface area contributed by atoms with E-state index >= 15 is 0 Å². The average Bonchev–Trinajstić information content (AvgIpc) is 3.16. The van der Waals surface area contributed by atoms with E-state index in [1.807, 2.05) is 27.7 Å². The summed E-state index contributed by atoms with van der Waals surface area (Å²) in [5, 5.41) is 0. The lowest BCUT2D eigenvalue weighted by atomic mass is 9.89. The lowest BCUT2D eigenvalue weighted by molar-refractivity contribution is -0.178. The highest BCUT2D eigenvalue weighted by atomic mass is 16.7. The Morgan fingerprint density at radius 3 is 2.45 bits per heavy atom. The van der Waals surface area contributed by atoms with Crippen LogP contribution in [0.25, 0.3) is 0 Å². The summed E-state index contributed by atoms with van der Waals surface area (Å²) in [6, 6.07) is 0. The van der Waals surface area contributed by atoms with Gasteiger partial charge in [-0.3, -0.25) is 0 Å². The molecule has 0 amide bonds. The van der Waals surface area contributed by atoms with Crippen LogP contribution in [0.4, 0.5) is 0 Å². The van der Waals surface area contributed by atoms with Crippen molar-refractivity contribution in [3.63, 3.8) is 0 Å². The topological polar surface area (TPSA) is 35.5 Å². The molecule has 0 N–H and O–H groups in total. The Labute approximate surface area is 136 Å². The number of carbonyl (C=O) groups is 1. The van der Waals surface area contributed by atoms with E-state index in [0.717, 1.165) is 24.9 Å². The molecule has 0 aromatic heterocycles. The second-order valence-electron chi connectivity index (χ2n) is 6.36. The molecular formula is C19H34O3. The Bertz CT molecular complexity index is 351. The second-order valence-corrected chi connectivity index (χ2v) is 6.36. The molecule has 22 heavy (non-hydrogen) atoms. The summed E-state index contributed by atoms with van der Waals surface area (Å²) >= 11 is 0. The number of ether oxygens (including phenoxy) is 2. The van der Waals surface area contributed by atoms with Crippen molar-refractivity contribution in [3.05, 3.63) is 12.2 Å². The van der Waals surface area contributed by atoms with Gasteiger partial charge in [0.15, 0.2) is 0 Å². The molecule has 128 valence electrons. The minimum atomic E-state index is -0.407. The fraction of sp³-hybridized carbons (Fsp3) is 0.842. The normalized spacial score (nSPS) is 27.0. The molecule has 2 aliphatic carbocycles. The predicted octanol–water partition coefficient (Wildman–Crippen LogP) is 5.10. The van der Waals surface area contributed by atoms with Crippen molar-refractivity contribution >= 4 is 5.97 Å². The third-order valence-electron chi connectivity index (χ3n) is 4.79. The van der Waals surface area contributed by atoms with E-state index in [-0.39, 0.29) is 5.97 Å². The van der Waals surface area contributed by atoms with Gasteiger partial charge in [0.2, 0.25) is 6.29 Å². The lowest BCUT2D eigenvalue weighted by Crippen LogP contribution is -2.26. The van der Waals surface area contributed by atoms with Crippen molar-refractivity contribution < 1.29 is 14.3 Å². The number of esters is 1. The highest BCUT2D eigenvalue weighted by Crippen LogP contribution is 2.48. The molecule has 3 nitrogen and oxygen atoms in total. The Kier molecular flexibility index (Phi) is 8.77. The van der Waals surface area contributed by atoms with Gasteiger partial charge in [0.05, 0.1) is 6.61 Å². The summed E-state index contributed by atoms with van der Waals surface area (Å²) in [7, 11) is 0. The van der Waals surface area contributed by atoms with E-state index in [9.17, 15) is 4.79 Å². The summed E-state index contributed by atoms with van der Waals surface area (Å²) < 4.78 is 11.2. The first-order valence-corrected chi connectivity index (χ1v) is 9.14. The van der Waals surface area contributed by atoms with Crippen LogP contribution in [0.3, 0.4) is 0 Å². The average molecular weight is 310 g/mol. The van der Waals surface area contributed by atoms with E-state index < -0.39 is 6.29 Å². The maximum Gasteiger partial charge on any atom is 0.335 e. The van der Waals surface area contributed by atoms with Gasteiger partial charge in [0.25, 0.3) is 0 Å². The zero-order chi connectivity index (χ0) is 16.5. The molecule has 2 saturated carbocycles. The van der Waals surface area contributed by atoms with E-state index in [0.29, 0.717) is 24.3 Å². The molecule has 0 aliphatic heterocycles. The van der Waals surface area contributed by atoms with E-state index in [4.69, 9.17) is 9.47 Å². The Morgan fingerprint density at radius 2 is 1.95 bits per heavy atom. The van der Waals surface area contributed by atoms with Gasteiger partial charge in [-0.25, -0.2) is 4.79 Å². The number of hydrogen-bond acceptors (Lipinski definition) is 3. The SMILES string of the molecule is C=C(CCC)C(=O)OC(CC)OCC1CC2CCC1C2.CC. The molecule has 0 spiro atoms. The van der Waals surface area contributed by atoms with Crippen molar-refractivity contribution in [2.24, 2.45) is 17.8 Å². The maximum atomic E-state index is 11.8. The molecule has 3 heteroatoms. The van der Waals surface area contributed by atoms with Gasteiger partial charge in [-0.05, 0) is 43.4 Å². The van der Waals surface area contributed by atoms with Crippen LogP contribution in [0.15, 0.2) is 12.2 Å². The van der Waals surface area contributed by atoms with Crippen molar-refractivity contribution in [2.75, 3.05) is 6.61 Å². The number of hydrogen-bond donors (Lipinski definition) is 0. The smallest absolute Gasteiger partial charge is 0.335 e. The molecule has 0 radical (unpaired) electrons. The van der Waals surface area contributed by atoms with Gasteiger partial charge in [-0.2, -0.15) is 0 Å². The number of fused-ring (bicyclic) bond motifs is 2. The first-order valence-electron chi connectivity index (χ1n) is 9.14. The first-order chi connectivity index (χ1) is 10.6. The van der Waals surface area contributed by atoms with Gasteiger partial charge < -0.3 is 9.47 Å². The van der Waals surface area contributed by atoms with Crippen LogP contribution in [0.1, 0.15) is 72.6 Å². The van der Waals surface area contributed by atoms with Gasteiger partial charge in [-0.15, -0.1) is 0 Å². The fourth-order valence-corrected chi connectivity index (χ4v) is 3.65. The minimum Gasteiger partial charge on any atom is -0.432 e. The standard InChI is InChI=1S/C17H28O3.C2H6/c1-4-6-12(3)17(18)20-16(5-2)19-11-15-10-13-7-8-14(15)9-13;1-2/h13-16H,3-11H2,1-2H3;1-2H3. The van der Waals surface area contributed by atoms with Gasteiger partial charge in [0.1, 0.15) is 0 Å². The van der Waals surface area contributed by atoms with Crippen LogP contribution in [0, 0.1) is 17.8 Å². The van der Waals surface area contributed by atoms with Crippen molar-refractivity contribution in [3.8, 4) is 0 Å². The molecule has 0 aromatic rings. The molecule has 2 rings (SSSR count). The zero-order valence-corrected chi connectivity index (χ0v) is 14.9. The Balaban J connectivity index is 0.00000116. The third-order valence-corrected chi connectivity index (χ3v) is 4.79. The van der Waals surface area contributed by atoms with Crippen LogP contribution in [0.5, 0.6) is 0 Å². The van der Waals surface area contributed by atoms with Crippen molar-refractivity contribution in [1.29, 1.82) is 0 Å². The highest BCUT2D eigenvalue weighted by molar-refractivity contribution is 5.87. The minimum absolute atomic E-state index is 0.299. The zero-order valence-electron chi connectivity index (χ0n) is 14.9. The molecule has 2 bridgehead atoms. The Morgan fingerprint density at radius 1 is 1.23 bits per heavy atom. The largest absolute Gasteiger partial charge is 0.432 e. The van der Waals surface area contributed by atoms with Crippen LogP contribution in [-0.4, -0.2) is 18.9 Å². The van der Waals surface area contributed by atoms with Gasteiger partial charge in [-0.1, -0.05) is 47.1 Å². The highest BCUT2D eigenvalue weighted by Gasteiger charge is 2.39. The predicted molar refractivity (Wildman–Crippen MR) is 90.5 cm³/mol. The van der Waals surface area contributed by atoms with Crippen LogP contribution >= 0.6 is 0 Å². The molecule has 0 aromatic carbocycles. The van der Waals surface area contributed by atoms with Crippen molar-refractivity contribution in [2.45, 2.75) is 78.9 Å². The second kappa shape index (κ2) is 10.0. The first kappa shape index (κ1) is 19.2. The summed E-state index contributed by atoms with van der Waals surface area (Å²) in [5.74, 6) is 2.16. The van der Waals surface area contributed by atoms with E-state index in [1.165, 1.54) is 25.7 Å². The van der Waals surface area contributed by atoms with Crippen LogP contribution < -0.4 is 0 Å². The van der Waals surface area contributed by atoms with E-state index in [1.54, 1.807) is 0 Å². The summed E-state index contributed by atoms with van der Waals surface area (Å²) in [6.45, 7) is 12.5. The molecule has 2 aliphatic rings. The molecule has 4 unspecified atom stereocenters. The summed E-state index contributed by atoms with van der Waals surface area (Å²) in [4.78, 5) is 11.8. The monoisotopic (exact) mass is 310 g/mol. The maximum absolute atomic E-state index is 11.8. The van der Waals surface area contributed by atoms with Crippen LogP contribution in [0.2, 0.25) is 0 Å². The summed E-state index contributed by atoms with van der Waals surface area (Å²) in [5.41, 5.74) is 0.550. The number of rotatable bonds is 8. The molecule has 0 heterocycles. The summed E-state index contributed by atoms with van der Waals surface area (Å²) in [6.07, 6.45) is 7.36. The lowest BCUT2D eigenvalue weighted by Gasteiger charge is -2.24. The van der Waals surface area contributed by atoms with Gasteiger partial charge >= 0.3 is 5.97 Å². The number of carbonyl (C=O) groups excluding carboxylic acids is 1. The molecule has 4 atom stereocenters. The fourth-order valence-electron chi connectivity index (χ4n) is 3.65.